The Morgan fingerprint density at radius 3 is 2.19 bits per heavy atom. The Labute approximate surface area is 124 Å². The first-order valence-corrected chi connectivity index (χ1v) is 7.79. The van der Waals surface area contributed by atoms with Gasteiger partial charge in [0.15, 0.2) is 0 Å². The largest absolute Gasteiger partial charge is 0.399 e. The Kier molecular flexibility index (Phi) is 4.06. The average Bonchev–Trinajstić information content (AvgIpc) is 2.40. The molecule has 21 heavy (non-hydrogen) atoms. The van der Waals surface area contributed by atoms with E-state index in [2.05, 4.69) is 5.32 Å². The van der Waals surface area contributed by atoms with Crippen LogP contribution in [0.1, 0.15) is 0 Å². The van der Waals surface area contributed by atoms with E-state index in [0.29, 0.717) is 11.4 Å². The summed E-state index contributed by atoms with van der Waals surface area (Å²) in [5.41, 5.74) is 8.16. The molecular formula is C14H18N4O2S. The predicted molar refractivity (Wildman–Crippen MR) is 86.3 cm³/mol. The highest BCUT2D eigenvalue weighted by atomic mass is 32.2. The van der Waals surface area contributed by atoms with E-state index in [-0.39, 0.29) is 4.90 Å². The van der Waals surface area contributed by atoms with Crippen molar-refractivity contribution in [3.8, 4) is 0 Å². The molecule has 0 aliphatic carbocycles. The third kappa shape index (κ3) is 3.65. The van der Waals surface area contributed by atoms with E-state index in [0.717, 1.165) is 11.4 Å². The molecule has 2 rings (SSSR count). The zero-order valence-electron chi connectivity index (χ0n) is 11.9. The molecule has 0 aromatic heterocycles. The Hall–Kier alpha value is -2.25. The minimum Gasteiger partial charge on any atom is -0.399 e. The smallest absolute Gasteiger partial charge is 0.240 e. The summed E-state index contributed by atoms with van der Waals surface area (Å²) in [6.45, 7) is 0. The zero-order valence-corrected chi connectivity index (χ0v) is 12.7. The molecule has 0 heterocycles. The first-order chi connectivity index (χ1) is 9.77. The fourth-order valence-corrected chi connectivity index (χ4v) is 2.60. The van der Waals surface area contributed by atoms with Crippen molar-refractivity contribution in [2.45, 2.75) is 4.90 Å². The van der Waals surface area contributed by atoms with Crippen molar-refractivity contribution < 1.29 is 8.42 Å². The predicted octanol–water partition coefficient (Wildman–Crippen LogP) is 1.73. The lowest BCUT2D eigenvalue weighted by Gasteiger charge is -2.14. The van der Waals surface area contributed by atoms with E-state index in [1.54, 1.807) is 12.1 Å². The number of nitrogens with one attached hydrogen (secondary N) is 1. The van der Waals surface area contributed by atoms with Crippen LogP contribution in [-0.4, -0.2) is 22.5 Å². The van der Waals surface area contributed by atoms with E-state index >= 15 is 0 Å². The fourth-order valence-electron chi connectivity index (χ4n) is 1.88. The second-order valence-electron chi connectivity index (χ2n) is 4.87. The lowest BCUT2D eigenvalue weighted by Crippen LogP contribution is -2.14. The summed E-state index contributed by atoms with van der Waals surface area (Å²) in [5.74, 6) is 0. The van der Waals surface area contributed by atoms with Crippen molar-refractivity contribution in [3.63, 3.8) is 0 Å². The molecule has 0 fully saturated rings. The third-order valence-electron chi connectivity index (χ3n) is 2.97. The van der Waals surface area contributed by atoms with E-state index in [1.165, 1.54) is 6.07 Å². The van der Waals surface area contributed by atoms with Gasteiger partial charge in [0.1, 0.15) is 4.90 Å². The molecule has 0 radical (unpaired) electrons. The SMILES string of the molecule is CN(C)c1ccc(Nc2ccc(N)cc2S(N)(=O)=O)cc1. The van der Waals surface area contributed by atoms with Crippen LogP contribution in [0.2, 0.25) is 0 Å². The second-order valence-corrected chi connectivity index (χ2v) is 6.40. The maximum Gasteiger partial charge on any atom is 0.240 e. The average molecular weight is 306 g/mol. The highest BCUT2D eigenvalue weighted by Crippen LogP contribution is 2.27. The lowest BCUT2D eigenvalue weighted by molar-refractivity contribution is 0.598. The van der Waals surface area contributed by atoms with Gasteiger partial charge in [0.2, 0.25) is 10.0 Å². The summed E-state index contributed by atoms with van der Waals surface area (Å²) < 4.78 is 23.2. The highest BCUT2D eigenvalue weighted by molar-refractivity contribution is 7.89. The lowest BCUT2D eigenvalue weighted by atomic mass is 10.2. The van der Waals surface area contributed by atoms with Crippen molar-refractivity contribution >= 4 is 32.8 Å². The zero-order chi connectivity index (χ0) is 15.6. The van der Waals surface area contributed by atoms with Gasteiger partial charge in [-0.05, 0) is 42.5 Å². The van der Waals surface area contributed by atoms with Gasteiger partial charge >= 0.3 is 0 Å². The third-order valence-corrected chi connectivity index (χ3v) is 3.93. The molecule has 5 N–H and O–H groups in total. The Balaban J connectivity index is 2.35. The topological polar surface area (TPSA) is 101 Å². The Morgan fingerprint density at radius 1 is 1.05 bits per heavy atom. The van der Waals surface area contributed by atoms with Crippen LogP contribution in [0, 0.1) is 0 Å². The molecule has 6 nitrogen and oxygen atoms in total. The van der Waals surface area contributed by atoms with Crippen LogP contribution < -0.4 is 21.1 Å². The number of nitrogen functional groups attached to an aromatic ring is 1. The van der Waals surface area contributed by atoms with Gasteiger partial charge in [-0.15, -0.1) is 0 Å². The van der Waals surface area contributed by atoms with Crippen molar-refractivity contribution in [2.24, 2.45) is 5.14 Å². The highest BCUT2D eigenvalue weighted by Gasteiger charge is 2.14. The molecule has 0 atom stereocenters. The van der Waals surface area contributed by atoms with Gasteiger partial charge in [-0.3, -0.25) is 0 Å². The molecule has 2 aromatic carbocycles. The summed E-state index contributed by atoms with van der Waals surface area (Å²) in [6, 6.07) is 12.1. The van der Waals surface area contributed by atoms with Gasteiger partial charge in [-0.25, -0.2) is 13.6 Å². The number of hydrogen-bond acceptors (Lipinski definition) is 5. The second kappa shape index (κ2) is 5.63. The van der Waals surface area contributed by atoms with Gasteiger partial charge in [-0.2, -0.15) is 0 Å². The van der Waals surface area contributed by atoms with Gasteiger partial charge in [0.25, 0.3) is 0 Å². The van der Waals surface area contributed by atoms with Gasteiger partial charge in [0.05, 0.1) is 5.69 Å². The first kappa shape index (κ1) is 15.1. The van der Waals surface area contributed by atoms with Crippen molar-refractivity contribution in [1.82, 2.24) is 0 Å². The molecular weight excluding hydrogens is 288 g/mol. The molecule has 2 aromatic rings. The van der Waals surface area contributed by atoms with Crippen LogP contribution in [0.3, 0.4) is 0 Å². The van der Waals surface area contributed by atoms with E-state index in [9.17, 15) is 8.42 Å². The van der Waals surface area contributed by atoms with Crippen molar-refractivity contribution in [1.29, 1.82) is 0 Å². The van der Waals surface area contributed by atoms with Gasteiger partial charge in [-0.1, -0.05) is 0 Å². The number of primary sulfonamides is 1. The van der Waals surface area contributed by atoms with Crippen LogP contribution in [0.15, 0.2) is 47.4 Å². The molecule has 0 saturated heterocycles. The summed E-state index contributed by atoms with van der Waals surface area (Å²) in [7, 11) is 0.0435. The number of hydrogen-bond donors (Lipinski definition) is 3. The number of nitrogens with two attached hydrogens (primary N) is 2. The summed E-state index contributed by atoms with van der Waals surface area (Å²) in [4.78, 5) is 1.95. The molecule has 7 heteroatoms. The Morgan fingerprint density at radius 2 is 1.67 bits per heavy atom. The first-order valence-electron chi connectivity index (χ1n) is 6.24. The minimum atomic E-state index is -3.85. The molecule has 0 spiro atoms. The number of sulfonamides is 1. The maximum absolute atomic E-state index is 11.6. The quantitative estimate of drug-likeness (QED) is 0.747. The van der Waals surface area contributed by atoms with E-state index in [4.69, 9.17) is 10.9 Å². The summed E-state index contributed by atoms with van der Waals surface area (Å²) in [5, 5.41) is 8.25. The molecule has 0 unspecified atom stereocenters. The number of rotatable bonds is 4. The number of benzene rings is 2. The van der Waals surface area contributed by atoms with E-state index < -0.39 is 10.0 Å². The van der Waals surface area contributed by atoms with Crippen LogP contribution in [0.25, 0.3) is 0 Å². The molecule has 112 valence electrons. The van der Waals surface area contributed by atoms with Crippen LogP contribution in [0.5, 0.6) is 0 Å². The molecule has 0 aliphatic rings. The van der Waals surface area contributed by atoms with Crippen LogP contribution in [0.4, 0.5) is 22.7 Å². The molecule has 0 saturated carbocycles. The standard InChI is InChI=1S/C14H18N4O2S/c1-18(2)12-6-4-11(5-7-12)17-13-8-3-10(15)9-14(13)21(16,19)20/h3-9,17H,15H2,1-2H3,(H2,16,19,20). The fraction of sp³-hybridized carbons (Fsp3) is 0.143. The Bertz CT molecular complexity index is 740. The summed E-state index contributed by atoms with van der Waals surface area (Å²) >= 11 is 0. The maximum atomic E-state index is 11.6. The molecule has 0 bridgehead atoms. The monoisotopic (exact) mass is 306 g/mol. The molecule has 0 aliphatic heterocycles. The number of anilines is 4. The normalized spacial score (nSPS) is 11.2. The van der Waals surface area contributed by atoms with Crippen LogP contribution >= 0.6 is 0 Å². The minimum absolute atomic E-state index is 0.0285. The van der Waals surface area contributed by atoms with Gasteiger partial charge in [0, 0.05) is 31.2 Å². The number of nitrogens with zero attached hydrogens (tertiary/aromatic N) is 1. The van der Waals surface area contributed by atoms with E-state index in [1.807, 2.05) is 43.3 Å². The van der Waals surface area contributed by atoms with Crippen molar-refractivity contribution in [2.75, 3.05) is 30.0 Å². The van der Waals surface area contributed by atoms with Crippen LogP contribution in [-0.2, 0) is 10.0 Å². The van der Waals surface area contributed by atoms with Crippen molar-refractivity contribution in [3.05, 3.63) is 42.5 Å². The summed E-state index contributed by atoms with van der Waals surface area (Å²) in [6.07, 6.45) is 0. The van der Waals surface area contributed by atoms with Gasteiger partial charge < -0.3 is 16.0 Å². The molecule has 0 amide bonds.